The smallest absolute Gasteiger partial charge is 0.271 e. The van der Waals surface area contributed by atoms with E-state index in [9.17, 15) is 4.79 Å². The van der Waals surface area contributed by atoms with Gasteiger partial charge >= 0.3 is 0 Å². The van der Waals surface area contributed by atoms with Gasteiger partial charge in [-0.1, -0.05) is 42.0 Å². The number of hydrogen-bond acceptors (Lipinski definition) is 2. The Balaban J connectivity index is 1.81. The van der Waals surface area contributed by atoms with Gasteiger partial charge in [-0.2, -0.15) is 5.10 Å². The summed E-state index contributed by atoms with van der Waals surface area (Å²) in [4.78, 5) is 12.1. The van der Waals surface area contributed by atoms with E-state index in [1.807, 2.05) is 55.6 Å². The van der Waals surface area contributed by atoms with Crippen molar-refractivity contribution in [1.82, 2.24) is 9.99 Å². The van der Waals surface area contributed by atoms with Crippen molar-refractivity contribution >= 4 is 23.0 Å². The zero-order valence-electron chi connectivity index (χ0n) is 13.6. The summed E-state index contributed by atoms with van der Waals surface area (Å²) < 4.78 is 2.10. The molecule has 0 bridgehead atoms. The molecule has 0 spiro atoms. The largest absolute Gasteiger partial charge is 0.343 e. The number of aromatic nitrogens is 1. The number of fused-ring (bicyclic) bond motifs is 1. The summed E-state index contributed by atoms with van der Waals surface area (Å²) in [6.45, 7) is 6.47. The van der Waals surface area contributed by atoms with Crippen molar-refractivity contribution in [2.45, 2.75) is 13.5 Å². The SMILES string of the molecule is C=CCn1cc(/C=N\NC(=O)c2cccc(C)c2)c2ccccc21. The molecule has 1 N–H and O–H groups in total. The second kappa shape index (κ2) is 6.96. The number of aryl methyl sites for hydroxylation is 1. The van der Waals surface area contributed by atoms with E-state index in [4.69, 9.17) is 0 Å². The van der Waals surface area contributed by atoms with Crippen LogP contribution in [-0.4, -0.2) is 16.7 Å². The van der Waals surface area contributed by atoms with E-state index in [1.54, 1.807) is 12.3 Å². The third-order valence-corrected chi connectivity index (χ3v) is 3.80. The fourth-order valence-electron chi connectivity index (χ4n) is 2.68. The van der Waals surface area contributed by atoms with E-state index in [0.717, 1.165) is 28.6 Å². The number of benzene rings is 2. The molecule has 0 unspecified atom stereocenters. The van der Waals surface area contributed by atoms with Gasteiger partial charge in [0.05, 0.1) is 6.21 Å². The summed E-state index contributed by atoms with van der Waals surface area (Å²) >= 11 is 0. The monoisotopic (exact) mass is 317 g/mol. The number of amides is 1. The van der Waals surface area contributed by atoms with Crippen molar-refractivity contribution in [1.29, 1.82) is 0 Å². The van der Waals surface area contributed by atoms with Crippen molar-refractivity contribution in [3.63, 3.8) is 0 Å². The summed E-state index contributed by atoms with van der Waals surface area (Å²) in [6, 6.07) is 15.5. The summed E-state index contributed by atoms with van der Waals surface area (Å²) in [5.41, 5.74) is 6.29. The van der Waals surface area contributed by atoms with Crippen LogP contribution in [-0.2, 0) is 6.54 Å². The van der Waals surface area contributed by atoms with Crippen LogP contribution in [0.3, 0.4) is 0 Å². The lowest BCUT2D eigenvalue weighted by Gasteiger charge is -2.00. The molecule has 24 heavy (non-hydrogen) atoms. The van der Waals surface area contributed by atoms with Crippen LogP contribution in [0, 0.1) is 6.92 Å². The van der Waals surface area contributed by atoms with Crippen LogP contribution >= 0.6 is 0 Å². The van der Waals surface area contributed by atoms with Crippen LogP contribution in [0.15, 0.2) is 72.5 Å². The van der Waals surface area contributed by atoms with Crippen molar-refractivity contribution in [3.05, 3.63) is 84.1 Å². The molecule has 0 aliphatic rings. The molecule has 4 nitrogen and oxygen atoms in total. The van der Waals surface area contributed by atoms with Gasteiger partial charge in [0, 0.05) is 34.8 Å². The Morgan fingerprint density at radius 3 is 2.88 bits per heavy atom. The highest BCUT2D eigenvalue weighted by atomic mass is 16.2. The highest BCUT2D eigenvalue weighted by Crippen LogP contribution is 2.19. The Labute approximate surface area is 141 Å². The molecule has 0 fully saturated rings. The number of rotatable bonds is 5. The quantitative estimate of drug-likeness (QED) is 0.433. The molecule has 1 heterocycles. The number of carbonyl (C=O) groups excluding carboxylic acids is 1. The first-order valence-corrected chi connectivity index (χ1v) is 7.78. The average Bonchev–Trinajstić information content (AvgIpc) is 2.93. The average molecular weight is 317 g/mol. The summed E-state index contributed by atoms with van der Waals surface area (Å²) in [5.74, 6) is -0.218. The number of nitrogens with zero attached hydrogens (tertiary/aromatic N) is 2. The first-order valence-electron chi connectivity index (χ1n) is 7.78. The van der Waals surface area contributed by atoms with Gasteiger partial charge in [-0.15, -0.1) is 6.58 Å². The van der Waals surface area contributed by atoms with Crippen LogP contribution < -0.4 is 5.43 Å². The van der Waals surface area contributed by atoms with E-state index in [2.05, 4.69) is 27.7 Å². The molecule has 1 amide bonds. The van der Waals surface area contributed by atoms with Gasteiger partial charge in [-0.25, -0.2) is 5.43 Å². The van der Waals surface area contributed by atoms with Gasteiger partial charge < -0.3 is 4.57 Å². The molecule has 3 aromatic rings. The fourth-order valence-corrected chi connectivity index (χ4v) is 2.68. The molecule has 1 aromatic heterocycles. The standard InChI is InChI=1S/C20H19N3O/c1-3-11-23-14-17(18-9-4-5-10-19(18)23)13-21-22-20(24)16-8-6-7-15(2)12-16/h3-10,12-14H,1,11H2,2H3,(H,22,24)/b21-13-. The number of nitrogens with one attached hydrogen (secondary N) is 1. The second-order valence-electron chi connectivity index (χ2n) is 5.61. The second-order valence-corrected chi connectivity index (χ2v) is 5.61. The van der Waals surface area contributed by atoms with E-state index in [0.29, 0.717) is 5.56 Å². The molecule has 4 heteroatoms. The Morgan fingerprint density at radius 1 is 1.25 bits per heavy atom. The molecule has 0 radical (unpaired) electrons. The maximum atomic E-state index is 12.1. The lowest BCUT2D eigenvalue weighted by atomic mass is 10.1. The van der Waals surface area contributed by atoms with Crippen LogP contribution in [0.1, 0.15) is 21.5 Å². The van der Waals surface area contributed by atoms with Crippen LogP contribution in [0.5, 0.6) is 0 Å². The first-order chi connectivity index (χ1) is 11.7. The fraction of sp³-hybridized carbons (Fsp3) is 0.100. The van der Waals surface area contributed by atoms with Crippen molar-refractivity contribution < 1.29 is 4.79 Å². The zero-order valence-corrected chi connectivity index (χ0v) is 13.6. The van der Waals surface area contributed by atoms with Crippen LogP contribution in [0.2, 0.25) is 0 Å². The molecule has 0 aliphatic carbocycles. The van der Waals surface area contributed by atoms with Gasteiger partial charge in [0.15, 0.2) is 0 Å². The molecule has 2 aromatic carbocycles. The summed E-state index contributed by atoms with van der Waals surface area (Å²) in [7, 11) is 0. The third-order valence-electron chi connectivity index (χ3n) is 3.80. The summed E-state index contributed by atoms with van der Waals surface area (Å²) in [6.07, 6.45) is 5.54. The maximum Gasteiger partial charge on any atom is 0.271 e. The molecule has 0 aliphatic heterocycles. The van der Waals surface area contributed by atoms with Crippen LogP contribution in [0.25, 0.3) is 10.9 Å². The van der Waals surface area contributed by atoms with Gasteiger partial charge in [-0.05, 0) is 25.1 Å². The molecule has 3 rings (SSSR count). The van der Waals surface area contributed by atoms with Crippen molar-refractivity contribution in [3.8, 4) is 0 Å². The first kappa shape index (κ1) is 15.7. The predicted octanol–water partition coefficient (Wildman–Crippen LogP) is 3.90. The molecular weight excluding hydrogens is 298 g/mol. The number of allylic oxidation sites excluding steroid dienone is 1. The summed E-state index contributed by atoms with van der Waals surface area (Å²) in [5, 5.41) is 5.20. The van der Waals surface area contributed by atoms with E-state index in [-0.39, 0.29) is 5.91 Å². The van der Waals surface area contributed by atoms with Crippen molar-refractivity contribution in [2.24, 2.45) is 5.10 Å². The minimum absolute atomic E-state index is 0.218. The van der Waals surface area contributed by atoms with Gasteiger partial charge in [0.2, 0.25) is 0 Å². The highest BCUT2D eigenvalue weighted by molar-refractivity contribution is 6.00. The topological polar surface area (TPSA) is 46.4 Å². The normalized spacial score (nSPS) is 11.0. The molecular formula is C20H19N3O. The number of hydrazone groups is 1. The van der Waals surface area contributed by atoms with Gasteiger partial charge in [0.1, 0.15) is 0 Å². The Kier molecular flexibility index (Phi) is 4.57. The Morgan fingerprint density at radius 2 is 2.08 bits per heavy atom. The number of carbonyl (C=O) groups is 1. The zero-order chi connectivity index (χ0) is 16.9. The molecule has 120 valence electrons. The Bertz CT molecular complexity index is 922. The highest BCUT2D eigenvalue weighted by Gasteiger charge is 2.06. The lowest BCUT2D eigenvalue weighted by molar-refractivity contribution is 0.0955. The van der Waals surface area contributed by atoms with E-state index < -0.39 is 0 Å². The van der Waals surface area contributed by atoms with Gasteiger partial charge in [-0.3, -0.25) is 4.79 Å². The minimum Gasteiger partial charge on any atom is -0.343 e. The number of para-hydroxylation sites is 1. The van der Waals surface area contributed by atoms with E-state index >= 15 is 0 Å². The van der Waals surface area contributed by atoms with Crippen molar-refractivity contribution in [2.75, 3.05) is 0 Å². The van der Waals surface area contributed by atoms with Crippen LogP contribution in [0.4, 0.5) is 0 Å². The molecule has 0 atom stereocenters. The third kappa shape index (κ3) is 3.27. The minimum atomic E-state index is -0.218. The van der Waals surface area contributed by atoms with E-state index in [1.165, 1.54) is 0 Å². The lowest BCUT2D eigenvalue weighted by Crippen LogP contribution is -2.17. The molecule has 0 saturated heterocycles. The molecule has 0 saturated carbocycles. The Hall–Kier alpha value is -3.14. The predicted molar refractivity (Wildman–Crippen MR) is 98.4 cm³/mol. The maximum absolute atomic E-state index is 12.1. The van der Waals surface area contributed by atoms with Gasteiger partial charge in [0.25, 0.3) is 5.91 Å². The number of hydrogen-bond donors (Lipinski definition) is 1.